The summed E-state index contributed by atoms with van der Waals surface area (Å²) < 4.78 is 0.752. The van der Waals surface area contributed by atoms with Crippen molar-refractivity contribution in [2.75, 3.05) is 5.32 Å². The maximum absolute atomic E-state index is 12.9. The van der Waals surface area contributed by atoms with Crippen LogP contribution in [0.25, 0.3) is 0 Å². The summed E-state index contributed by atoms with van der Waals surface area (Å²) in [5.74, 6) is 0.536. The Labute approximate surface area is 182 Å². The molecule has 0 unspecified atom stereocenters. The third-order valence-corrected chi connectivity index (χ3v) is 8.36. The van der Waals surface area contributed by atoms with Crippen molar-refractivity contribution < 1.29 is 9.90 Å². The molecule has 4 rings (SSSR count). The number of rotatable bonds is 3. The number of amides is 1. The molecule has 4 nitrogen and oxygen atoms in total. The molecule has 0 fully saturated rings. The number of thiophene rings is 1. The summed E-state index contributed by atoms with van der Waals surface area (Å²) in [7, 11) is 0. The largest absolute Gasteiger partial charge is 0.506 e. The van der Waals surface area contributed by atoms with Crippen LogP contribution in [0.2, 0.25) is 5.02 Å². The molecule has 7 heteroatoms. The fraction of sp³-hybridized carbons (Fsp3) is 0.476. The number of fused-ring (bicyclic) bond motifs is 3. The summed E-state index contributed by atoms with van der Waals surface area (Å²) in [5.41, 5.74) is 2.83. The van der Waals surface area contributed by atoms with E-state index in [1.807, 2.05) is 0 Å². The van der Waals surface area contributed by atoms with E-state index < -0.39 is 6.17 Å². The lowest BCUT2D eigenvalue weighted by atomic mass is 9.69. The molecule has 1 aliphatic heterocycles. The molecule has 2 atom stereocenters. The van der Waals surface area contributed by atoms with E-state index in [0.717, 1.165) is 40.7 Å². The van der Waals surface area contributed by atoms with Crippen LogP contribution in [-0.4, -0.2) is 11.0 Å². The first kappa shape index (κ1) is 20.0. The second-order valence-electron chi connectivity index (χ2n) is 8.37. The van der Waals surface area contributed by atoms with Gasteiger partial charge in [-0.2, -0.15) is 0 Å². The van der Waals surface area contributed by atoms with E-state index in [4.69, 9.17) is 11.6 Å². The molecule has 1 aromatic heterocycles. The molecule has 0 saturated heterocycles. The van der Waals surface area contributed by atoms with Gasteiger partial charge in [0.2, 0.25) is 0 Å². The molecule has 0 radical (unpaired) electrons. The van der Waals surface area contributed by atoms with Crippen LogP contribution >= 0.6 is 38.9 Å². The smallest absolute Gasteiger partial charge is 0.256 e. The van der Waals surface area contributed by atoms with Crippen LogP contribution in [0.5, 0.6) is 5.75 Å². The van der Waals surface area contributed by atoms with E-state index in [9.17, 15) is 9.90 Å². The Morgan fingerprint density at radius 2 is 2.11 bits per heavy atom. The molecular formula is C21H24BrClN2O2S. The number of phenols is 1. The average Bonchev–Trinajstić information content (AvgIpc) is 3.02. The molecule has 2 aliphatic rings. The summed E-state index contributed by atoms with van der Waals surface area (Å²) in [6, 6.07) is 3.41. The minimum absolute atomic E-state index is 0.0165. The fourth-order valence-corrected chi connectivity index (χ4v) is 6.40. The van der Waals surface area contributed by atoms with Gasteiger partial charge in [0.1, 0.15) is 16.9 Å². The van der Waals surface area contributed by atoms with Crippen molar-refractivity contribution >= 4 is 49.8 Å². The molecule has 1 aromatic carbocycles. The Balaban J connectivity index is 1.67. The standard InChI is InChI=1S/C21H24BrClN2O2S/c1-4-21(2,3)10-5-6-12-15(7-10)28-20-16(12)19(27)24-18(25-20)13-8-11(22)9-14(23)17(13)26/h8-10,18,25-26H,4-7H2,1-3H3,(H,24,27)/t10-,18+/m1/s1. The maximum Gasteiger partial charge on any atom is 0.256 e. The van der Waals surface area contributed by atoms with Gasteiger partial charge in [0, 0.05) is 14.9 Å². The average molecular weight is 484 g/mol. The number of nitrogens with one attached hydrogen (secondary N) is 2. The van der Waals surface area contributed by atoms with E-state index in [-0.39, 0.29) is 16.7 Å². The predicted octanol–water partition coefficient (Wildman–Crippen LogP) is 6.26. The lowest BCUT2D eigenvalue weighted by molar-refractivity contribution is 0.0934. The van der Waals surface area contributed by atoms with Crippen molar-refractivity contribution in [2.45, 2.75) is 52.6 Å². The molecule has 0 saturated carbocycles. The van der Waals surface area contributed by atoms with Crippen LogP contribution in [0.1, 0.15) is 66.1 Å². The highest BCUT2D eigenvalue weighted by molar-refractivity contribution is 9.10. The Hall–Kier alpha value is -1.24. The lowest BCUT2D eigenvalue weighted by Crippen LogP contribution is -2.38. The van der Waals surface area contributed by atoms with E-state index in [1.165, 1.54) is 10.4 Å². The number of benzene rings is 1. The van der Waals surface area contributed by atoms with Crippen LogP contribution in [0.3, 0.4) is 0 Å². The summed E-state index contributed by atoms with van der Waals surface area (Å²) in [6.45, 7) is 6.94. The summed E-state index contributed by atoms with van der Waals surface area (Å²) in [5, 5.41) is 17.9. The third-order valence-electron chi connectivity index (χ3n) is 6.43. The van der Waals surface area contributed by atoms with E-state index in [0.29, 0.717) is 16.9 Å². The molecule has 2 aromatic rings. The maximum atomic E-state index is 12.9. The predicted molar refractivity (Wildman–Crippen MR) is 119 cm³/mol. The number of hydrogen-bond acceptors (Lipinski definition) is 4. The third kappa shape index (κ3) is 3.33. The highest BCUT2D eigenvalue weighted by Crippen LogP contribution is 2.47. The lowest BCUT2D eigenvalue weighted by Gasteiger charge is -2.36. The number of halogens is 2. The van der Waals surface area contributed by atoms with Crippen LogP contribution in [0.15, 0.2) is 16.6 Å². The van der Waals surface area contributed by atoms with Crippen LogP contribution in [0, 0.1) is 11.3 Å². The van der Waals surface area contributed by atoms with Crippen molar-refractivity contribution in [3.05, 3.63) is 43.2 Å². The van der Waals surface area contributed by atoms with Crippen molar-refractivity contribution in [2.24, 2.45) is 11.3 Å². The Bertz CT molecular complexity index is 956. The molecule has 1 amide bonds. The second-order valence-corrected chi connectivity index (χ2v) is 10.8. The molecule has 0 spiro atoms. The second kappa shape index (κ2) is 7.22. The summed E-state index contributed by atoms with van der Waals surface area (Å²) in [6.07, 6.45) is 3.74. The topological polar surface area (TPSA) is 61.4 Å². The quantitative estimate of drug-likeness (QED) is 0.482. The molecule has 150 valence electrons. The van der Waals surface area contributed by atoms with Gasteiger partial charge in [-0.05, 0) is 48.3 Å². The normalized spacial score (nSPS) is 21.5. The fourth-order valence-electron chi connectivity index (χ4n) is 4.22. The minimum Gasteiger partial charge on any atom is -0.506 e. The number of anilines is 1. The zero-order valence-electron chi connectivity index (χ0n) is 16.2. The number of aromatic hydroxyl groups is 1. The van der Waals surface area contributed by atoms with Gasteiger partial charge in [-0.1, -0.05) is 54.7 Å². The van der Waals surface area contributed by atoms with Gasteiger partial charge in [0.05, 0.1) is 10.6 Å². The Morgan fingerprint density at radius 3 is 2.82 bits per heavy atom. The Morgan fingerprint density at radius 1 is 1.36 bits per heavy atom. The molecule has 2 heterocycles. The summed E-state index contributed by atoms with van der Waals surface area (Å²) >= 11 is 11.2. The van der Waals surface area contributed by atoms with Crippen molar-refractivity contribution in [3.63, 3.8) is 0 Å². The number of carbonyl (C=O) groups is 1. The zero-order valence-corrected chi connectivity index (χ0v) is 19.3. The molecule has 1 aliphatic carbocycles. The number of hydrogen-bond donors (Lipinski definition) is 3. The summed E-state index contributed by atoms with van der Waals surface area (Å²) in [4.78, 5) is 14.3. The van der Waals surface area contributed by atoms with Gasteiger partial charge < -0.3 is 15.7 Å². The van der Waals surface area contributed by atoms with Crippen molar-refractivity contribution in [1.82, 2.24) is 5.32 Å². The SMILES string of the molecule is CCC(C)(C)[C@@H]1CCc2c(sc3c2C(=O)N[C@H](c2cc(Br)cc(Cl)c2O)N3)C1. The minimum atomic E-state index is -0.516. The first-order chi connectivity index (χ1) is 13.2. The molecule has 3 N–H and O–H groups in total. The number of phenolic OH excluding ortho intramolecular Hbond substituents is 1. The van der Waals surface area contributed by atoms with Crippen molar-refractivity contribution in [1.29, 1.82) is 0 Å². The van der Waals surface area contributed by atoms with Crippen molar-refractivity contribution in [3.8, 4) is 5.75 Å². The van der Waals surface area contributed by atoms with Gasteiger partial charge in [-0.25, -0.2) is 0 Å². The Kier molecular flexibility index (Phi) is 5.17. The van der Waals surface area contributed by atoms with Gasteiger partial charge in [-0.3, -0.25) is 4.79 Å². The van der Waals surface area contributed by atoms with E-state index in [1.54, 1.807) is 23.5 Å². The van der Waals surface area contributed by atoms with Gasteiger partial charge in [-0.15, -0.1) is 11.3 Å². The first-order valence-corrected chi connectivity index (χ1v) is 11.6. The van der Waals surface area contributed by atoms with Crippen LogP contribution in [-0.2, 0) is 12.8 Å². The van der Waals surface area contributed by atoms with Gasteiger partial charge in [0.25, 0.3) is 5.91 Å². The molecular weight excluding hydrogens is 460 g/mol. The van der Waals surface area contributed by atoms with Gasteiger partial charge >= 0.3 is 0 Å². The molecule has 28 heavy (non-hydrogen) atoms. The van der Waals surface area contributed by atoms with Crippen LogP contribution < -0.4 is 10.6 Å². The van der Waals surface area contributed by atoms with E-state index >= 15 is 0 Å². The first-order valence-electron chi connectivity index (χ1n) is 9.61. The van der Waals surface area contributed by atoms with Crippen LogP contribution in [0.4, 0.5) is 5.00 Å². The zero-order chi connectivity index (χ0) is 20.2. The highest BCUT2D eigenvalue weighted by atomic mass is 79.9. The van der Waals surface area contributed by atoms with Gasteiger partial charge in [0.15, 0.2) is 0 Å². The highest BCUT2D eigenvalue weighted by Gasteiger charge is 2.37. The number of carbonyl (C=O) groups excluding carboxylic acids is 1. The van der Waals surface area contributed by atoms with E-state index in [2.05, 4.69) is 47.3 Å². The molecule has 0 bridgehead atoms. The monoisotopic (exact) mass is 482 g/mol.